The van der Waals surface area contributed by atoms with E-state index in [2.05, 4.69) is 24.9 Å². The van der Waals surface area contributed by atoms with Crippen LogP contribution in [0.25, 0.3) is 11.4 Å². The van der Waals surface area contributed by atoms with E-state index in [0.29, 0.717) is 11.0 Å². The van der Waals surface area contributed by atoms with Crippen LogP contribution in [-0.2, 0) is 9.53 Å². The Labute approximate surface area is 108 Å². The molecule has 0 saturated heterocycles. The number of nitrogens with one attached hydrogen (secondary N) is 1. The average molecular weight is 264 g/mol. The van der Waals surface area contributed by atoms with E-state index in [9.17, 15) is 4.79 Å². The summed E-state index contributed by atoms with van der Waals surface area (Å²) in [6.07, 6.45) is 3.38. The highest BCUT2D eigenvalue weighted by molar-refractivity contribution is 8.00. The summed E-state index contributed by atoms with van der Waals surface area (Å²) in [6, 6.07) is 3.70. The number of pyridine rings is 1. The Morgan fingerprint density at radius 1 is 1.56 bits per heavy atom. The molecule has 18 heavy (non-hydrogen) atoms. The third kappa shape index (κ3) is 2.86. The van der Waals surface area contributed by atoms with Crippen molar-refractivity contribution in [1.29, 1.82) is 0 Å². The van der Waals surface area contributed by atoms with Crippen molar-refractivity contribution in [3.05, 3.63) is 24.5 Å². The van der Waals surface area contributed by atoms with Gasteiger partial charge in [-0.25, -0.2) is 4.98 Å². The minimum atomic E-state index is -0.340. The first-order chi connectivity index (χ1) is 8.70. The lowest BCUT2D eigenvalue weighted by Gasteiger charge is -2.04. The Bertz CT molecular complexity index is 529. The third-order valence-electron chi connectivity index (χ3n) is 2.22. The standard InChI is InChI=1S/C11H12N4O2S/c1-7(10(16)17-2)18-11-13-9(14-15-11)8-4-3-5-12-6-8/h3-7H,1-2H3,(H,13,14,15)/t7-/m1/s1. The number of H-pyrrole nitrogens is 1. The molecule has 0 aliphatic rings. The fourth-order valence-corrected chi connectivity index (χ4v) is 2.05. The number of rotatable bonds is 4. The van der Waals surface area contributed by atoms with Crippen molar-refractivity contribution in [2.24, 2.45) is 0 Å². The molecule has 6 nitrogen and oxygen atoms in total. The molecule has 0 unspecified atom stereocenters. The van der Waals surface area contributed by atoms with Crippen molar-refractivity contribution in [2.45, 2.75) is 17.3 Å². The second kappa shape index (κ2) is 5.63. The normalized spacial score (nSPS) is 12.1. The van der Waals surface area contributed by atoms with Crippen LogP contribution < -0.4 is 0 Å². The van der Waals surface area contributed by atoms with Gasteiger partial charge >= 0.3 is 5.97 Å². The second-order valence-corrected chi connectivity index (χ2v) is 4.80. The minimum Gasteiger partial charge on any atom is -0.468 e. The lowest BCUT2D eigenvalue weighted by molar-refractivity contribution is -0.139. The van der Waals surface area contributed by atoms with Crippen LogP contribution in [0.5, 0.6) is 0 Å². The third-order valence-corrected chi connectivity index (χ3v) is 3.15. The number of hydrogen-bond donors (Lipinski definition) is 1. The summed E-state index contributed by atoms with van der Waals surface area (Å²) in [7, 11) is 1.36. The fourth-order valence-electron chi connectivity index (χ4n) is 1.30. The van der Waals surface area contributed by atoms with Gasteiger partial charge in [-0.3, -0.25) is 14.9 Å². The number of aromatic amines is 1. The van der Waals surface area contributed by atoms with Crippen LogP contribution in [0.4, 0.5) is 0 Å². The Balaban J connectivity index is 2.09. The molecule has 0 saturated carbocycles. The van der Waals surface area contributed by atoms with Gasteiger partial charge in [0, 0.05) is 18.0 Å². The summed E-state index contributed by atoms with van der Waals surface area (Å²) in [4.78, 5) is 19.6. The Morgan fingerprint density at radius 3 is 3.06 bits per heavy atom. The highest BCUT2D eigenvalue weighted by atomic mass is 32.2. The summed E-state index contributed by atoms with van der Waals surface area (Å²) >= 11 is 1.24. The molecule has 0 aliphatic heterocycles. The Morgan fingerprint density at radius 2 is 2.39 bits per heavy atom. The van der Waals surface area contributed by atoms with Crippen LogP contribution >= 0.6 is 11.8 Å². The molecule has 1 atom stereocenters. The molecule has 0 aliphatic carbocycles. The van der Waals surface area contributed by atoms with Crippen molar-refractivity contribution in [1.82, 2.24) is 20.2 Å². The number of ether oxygens (including phenoxy) is 1. The van der Waals surface area contributed by atoms with Crippen molar-refractivity contribution in [3.63, 3.8) is 0 Å². The number of aromatic nitrogens is 4. The second-order valence-electron chi connectivity index (χ2n) is 3.49. The summed E-state index contributed by atoms with van der Waals surface area (Å²) in [5.41, 5.74) is 0.850. The summed E-state index contributed by atoms with van der Waals surface area (Å²) in [6.45, 7) is 1.75. The van der Waals surface area contributed by atoms with Gasteiger partial charge in [-0.15, -0.1) is 5.10 Å². The molecule has 2 aromatic rings. The highest BCUT2D eigenvalue weighted by Gasteiger charge is 2.17. The molecule has 2 rings (SSSR count). The molecule has 0 bridgehead atoms. The maximum absolute atomic E-state index is 11.3. The molecule has 0 aromatic carbocycles. The fraction of sp³-hybridized carbons (Fsp3) is 0.273. The van der Waals surface area contributed by atoms with E-state index >= 15 is 0 Å². The highest BCUT2D eigenvalue weighted by Crippen LogP contribution is 2.22. The molecule has 7 heteroatoms. The van der Waals surface area contributed by atoms with Crippen LogP contribution in [0, 0.1) is 0 Å². The van der Waals surface area contributed by atoms with Crippen LogP contribution in [0.2, 0.25) is 0 Å². The number of hydrogen-bond acceptors (Lipinski definition) is 6. The van der Waals surface area contributed by atoms with Crippen molar-refractivity contribution in [2.75, 3.05) is 7.11 Å². The molecule has 0 fully saturated rings. The van der Waals surface area contributed by atoms with Gasteiger partial charge < -0.3 is 4.74 Å². The summed E-state index contributed by atoms with van der Waals surface area (Å²) in [5, 5.41) is 7.02. The topological polar surface area (TPSA) is 80.8 Å². The van der Waals surface area contributed by atoms with E-state index in [4.69, 9.17) is 0 Å². The largest absolute Gasteiger partial charge is 0.468 e. The lowest BCUT2D eigenvalue weighted by atomic mass is 10.3. The number of nitrogens with zero attached hydrogens (tertiary/aromatic N) is 3. The SMILES string of the molecule is COC(=O)[C@@H](C)Sc1n[nH]c(-c2cccnc2)n1. The molecule has 1 N–H and O–H groups in total. The maximum atomic E-state index is 11.3. The van der Waals surface area contributed by atoms with E-state index in [-0.39, 0.29) is 11.2 Å². The summed E-state index contributed by atoms with van der Waals surface area (Å²) < 4.78 is 4.64. The number of carbonyl (C=O) groups excluding carboxylic acids is 1. The zero-order valence-electron chi connectivity index (χ0n) is 9.95. The van der Waals surface area contributed by atoms with Crippen LogP contribution in [0.3, 0.4) is 0 Å². The van der Waals surface area contributed by atoms with E-state index in [1.165, 1.54) is 18.9 Å². The zero-order chi connectivity index (χ0) is 13.0. The van der Waals surface area contributed by atoms with Gasteiger partial charge in [0.1, 0.15) is 5.25 Å². The molecule has 0 radical (unpaired) electrons. The minimum absolute atomic E-state index is 0.298. The average Bonchev–Trinajstić information content (AvgIpc) is 2.87. The molecule has 94 valence electrons. The smallest absolute Gasteiger partial charge is 0.318 e. The molecule has 0 amide bonds. The summed E-state index contributed by atoms with van der Waals surface area (Å²) in [5.74, 6) is 0.329. The molecular weight excluding hydrogens is 252 g/mol. The van der Waals surface area contributed by atoms with Gasteiger partial charge in [0.05, 0.1) is 7.11 Å². The van der Waals surface area contributed by atoms with Crippen molar-refractivity contribution < 1.29 is 9.53 Å². The van der Waals surface area contributed by atoms with Crippen LogP contribution in [0.15, 0.2) is 29.7 Å². The zero-order valence-corrected chi connectivity index (χ0v) is 10.8. The van der Waals surface area contributed by atoms with Gasteiger partial charge in [0.2, 0.25) is 5.16 Å². The van der Waals surface area contributed by atoms with Crippen LogP contribution in [-0.4, -0.2) is 38.5 Å². The van der Waals surface area contributed by atoms with Gasteiger partial charge in [0.15, 0.2) is 5.82 Å². The number of esters is 1. The number of methoxy groups -OCH3 is 1. The van der Waals surface area contributed by atoms with E-state index < -0.39 is 0 Å². The predicted octanol–water partition coefficient (Wildman–Crippen LogP) is 1.52. The molecule has 2 aromatic heterocycles. The van der Waals surface area contributed by atoms with E-state index in [1.807, 2.05) is 12.1 Å². The van der Waals surface area contributed by atoms with Gasteiger partial charge in [0.25, 0.3) is 0 Å². The first-order valence-electron chi connectivity index (χ1n) is 5.28. The molecule has 0 spiro atoms. The van der Waals surface area contributed by atoms with Gasteiger partial charge in [-0.05, 0) is 19.1 Å². The van der Waals surface area contributed by atoms with Gasteiger partial charge in [-0.1, -0.05) is 11.8 Å². The first-order valence-corrected chi connectivity index (χ1v) is 6.16. The van der Waals surface area contributed by atoms with Crippen molar-refractivity contribution in [3.8, 4) is 11.4 Å². The van der Waals surface area contributed by atoms with Gasteiger partial charge in [-0.2, -0.15) is 0 Å². The van der Waals surface area contributed by atoms with Crippen LogP contribution in [0.1, 0.15) is 6.92 Å². The number of thioether (sulfide) groups is 1. The molecular formula is C11H12N4O2S. The maximum Gasteiger partial charge on any atom is 0.318 e. The Kier molecular flexibility index (Phi) is 3.93. The Hall–Kier alpha value is -1.89. The first kappa shape index (κ1) is 12.6. The van der Waals surface area contributed by atoms with E-state index in [1.54, 1.807) is 19.3 Å². The molecule has 2 heterocycles. The van der Waals surface area contributed by atoms with Crippen molar-refractivity contribution >= 4 is 17.7 Å². The predicted molar refractivity (Wildman–Crippen MR) is 66.9 cm³/mol. The lowest BCUT2D eigenvalue weighted by Crippen LogP contribution is -2.14. The quantitative estimate of drug-likeness (QED) is 0.666. The monoisotopic (exact) mass is 264 g/mol. The number of carbonyl (C=O) groups is 1. The van der Waals surface area contributed by atoms with E-state index in [0.717, 1.165) is 5.56 Å².